The summed E-state index contributed by atoms with van der Waals surface area (Å²) in [6, 6.07) is 14.9. The van der Waals surface area contributed by atoms with Gasteiger partial charge in [0, 0.05) is 35.3 Å². The molecule has 0 bridgehead atoms. The summed E-state index contributed by atoms with van der Waals surface area (Å²) < 4.78 is 79.4. The van der Waals surface area contributed by atoms with Crippen LogP contribution in [0.5, 0.6) is 17.2 Å². The minimum atomic E-state index is -4.90. The Bertz CT molecular complexity index is 1930. The Hall–Kier alpha value is -4.99. The Morgan fingerprint density at radius 3 is 2.16 bits per heavy atom. The molecule has 1 aliphatic heterocycles. The number of hydrogen-bond donors (Lipinski definition) is 2. The molecule has 1 saturated carbocycles. The van der Waals surface area contributed by atoms with Crippen molar-refractivity contribution >= 4 is 38.9 Å². The molecule has 12 nitrogen and oxygen atoms in total. The summed E-state index contributed by atoms with van der Waals surface area (Å²) in [5, 5.41) is 7.34. The van der Waals surface area contributed by atoms with Crippen LogP contribution in [0, 0.1) is 0 Å². The van der Waals surface area contributed by atoms with E-state index in [0.29, 0.717) is 46.3 Å². The molecule has 1 spiro atoms. The number of anilines is 2. The summed E-state index contributed by atoms with van der Waals surface area (Å²) in [6.45, 7) is 4.61. The van der Waals surface area contributed by atoms with E-state index in [1.54, 1.807) is 55.5 Å². The number of nitrogens with zero attached hydrogens (tertiary/aromatic N) is 2. The second-order valence-corrected chi connectivity index (χ2v) is 14.5. The Kier molecular flexibility index (Phi) is 9.71. The van der Waals surface area contributed by atoms with Gasteiger partial charge in [-0.25, -0.2) is 13.1 Å². The van der Waals surface area contributed by atoms with Crippen molar-refractivity contribution in [2.75, 3.05) is 37.2 Å². The Balaban J connectivity index is 1.49. The number of benzene rings is 3. The lowest BCUT2D eigenvalue weighted by Crippen LogP contribution is -2.45. The molecule has 16 heteroatoms. The highest BCUT2D eigenvalue weighted by molar-refractivity contribution is 7.89. The first kappa shape index (κ1) is 36.3. The Morgan fingerprint density at radius 1 is 0.940 bits per heavy atom. The summed E-state index contributed by atoms with van der Waals surface area (Å²) in [5.74, 6) is -0.819. The first-order chi connectivity index (χ1) is 23.3. The van der Waals surface area contributed by atoms with Gasteiger partial charge in [0.05, 0.1) is 31.9 Å². The maximum atomic E-state index is 14.5. The van der Waals surface area contributed by atoms with Gasteiger partial charge in [-0.1, -0.05) is 23.4 Å². The highest BCUT2D eigenvalue weighted by Gasteiger charge is 2.54. The number of carbonyl (C=O) groups excluding carboxylic acids is 2. The van der Waals surface area contributed by atoms with Crippen molar-refractivity contribution in [1.29, 1.82) is 0 Å². The zero-order valence-corrected chi connectivity index (χ0v) is 29.0. The molecule has 3 aromatic carbocycles. The standard InChI is InChI=1S/C34H37F3N4O8S/c1-20(39-49-32(2,3)31(43)40-50(6,44)45)22-15-23(17-26(16-22)47-5)38-29(21-7-9-24(46-4)10-8-21)30(42)41-19-33(13-14-33)27-12-11-25(18-28(27)41)48-34(35,36)37/h7-12,15-18,29,38H,13-14,19H2,1-6H3,(H,40,43). The number of halogens is 3. The molecule has 1 atom stereocenters. The molecular formula is C34H37F3N4O8S. The molecule has 2 aliphatic rings. The number of ether oxygens (including phenoxy) is 3. The second-order valence-electron chi connectivity index (χ2n) is 12.7. The molecule has 1 heterocycles. The first-order valence-corrected chi connectivity index (χ1v) is 17.3. The summed E-state index contributed by atoms with van der Waals surface area (Å²) in [5.41, 5.74) is 0.896. The van der Waals surface area contributed by atoms with E-state index >= 15 is 0 Å². The van der Waals surface area contributed by atoms with Crippen LogP contribution in [0.2, 0.25) is 0 Å². The number of nitrogens with one attached hydrogen (secondary N) is 2. The summed E-state index contributed by atoms with van der Waals surface area (Å²) in [4.78, 5) is 33.9. The highest BCUT2D eigenvalue weighted by Crippen LogP contribution is 2.57. The van der Waals surface area contributed by atoms with Crippen LogP contribution in [0.3, 0.4) is 0 Å². The fourth-order valence-corrected chi connectivity index (χ4v) is 6.19. The van der Waals surface area contributed by atoms with Crippen molar-refractivity contribution < 1.29 is 50.2 Å². The first-order valence-electron chi connectivity index (χ1n) is 15.4. The van der Waals surface area contributed by atoms with Crippen molar-refractivity contribution in [2.45, 2.75) is 57.0 Å². The van der Waals surface area contributed by atoms with Crippen molar-refractivity contribution in [3.05, 3.63) is 77.4 Å². The molecular weight excluding hydrogens is 681 g/mol. The summed E-state index contributed by atoms with van der Waals surface area (Å²) in [7, 11) is -0.872. The number of amides is 2. The normalized spacial score (nSPS) is 15.9. The van der Waals surface area contributed by atoms with E-state index in [2.05, 4.69) is 15.2 Å². The SMILES string of the molecule is COc1ccc(C(Nc2cc(OC)cc(C(C)=NOC(C)(C)C(=O)NS(C)(=O)=O)c2)C(=O)N2CC3(CC3)c3ccc(OC(F)(F)F)cc32)cc1. The van der Waals surface area contributed by atoms with E-state index in [-0.39, 0.29) is 5.41 Å². The van der Waals surface area contributed by atoms with Gasteiger partial charge in [0.25, 0.3) is 11.8 Å². The predicted molar refractivity (Wildman–Crippen MR) is 179 cm³/mol. The molecule has 268 valence electrons. The lowest BCUT2D eigenvalue weighted by Gasteiger charge is -2.27. The molecule has 50 heavy (non-hydrogen) atoms. The Labute approximate surface area is 287 Å². The van der Waals surface area contributed by atoms with E-state index in [4.69, 9.17) is 14.3 Å². The van der Waals surface area contributed by atoms with Crippen LogP contribution in [0.15, 0.2) is 65.8 Å². The van der Waals surface area contributed by atoms with Crippen molar-refractivity contribution in [3.8, 4) is 17.2 Å². The zero-order chi connectivity index (χ0) is 36.6. The van der Waals surface area contributed by atoms with Gasteiger partial charge >= 0.3 is 6.36 Å². The van der Waals surface area contributed by atoms with Gasteiger partial charge in [0.15, 0.2) is 0 Å². The minimum absolute atomic E-state index is 0.292. The quantitative estimate of drug-likeness (QED) is 0.185. The molecule has 1 fully saturated rings. The average molecular weight is 719 g/mol. The van der Waals surface area contributed by atoms with Crippen LogP contribution in [-0.4, -0.2) is 64.9 Å². The smallest absolute Gasteiger partial charge is 0.497 e. The maximum Gasteiger partial charge on any atom is 0.573 e. The van der Waals surface area contributed by atoms with Crippen LogP contribution in [-0.2, 0) is 29.9 Å². The average Bonchev–Trinajstić information content (AvgIpc) is 3.76. The summed E-state index contributed by atoms with van der Waals surface area (Å²) >= 11 is 0. The summed E-state index contributed by atoms with van der Waals surface area (Å²) in [6.07, 6.45) is -2.48. The number of hydrogen-bond acceptors (Lipinski definition) is 10. The van der Waals surface area contributed by atoms with Gasteiger partial charge in [0.2, 0.25) is 15.6 Å². The largest absolute Gasteiger partial charge is 0.573 e. The third kappa shape index (κ3) is 8.23. The molecule has 2 N–H and O–H groups in total. The van der Waals surface area contributed by atoms with Crippen LogP contribution >= 0.6 is 0 Å². The monoisotopic (exact) mass is 718 g/mol. The molecule has 5 rings (SSSR count). The third-order valence-corrected chi connectivity index (χ3v) is 9.00. The van der Waals surface area contributed by atoms with Gasteiger partial charge in [-0.3, -0.25) is 9.59 Å². The number of rotatable bonds is 12. The van der Waals surface area contributed by atoms with Gasteiger partial charge in [0.1, 0.15) is 23.3 Å². The van der Waals surface area contributed by atoms with E-state index < -0.39 is 45.6 Å². The van der Waals surface area contributed by atoms with E-state index in [9.17, 15) is 31.2 Å². The number of methoxy groups -OCH3 is 2. The fraction of sp³-hybridized carbons (Fsp3) is 0.382. The number of carbonyl (C=O) groups is 2. The molecule has 1 aliphatic carbocycles. The number of oxime groups is 1. The van der Waals surface area contributed by atoms with Crippen LogP contribution in [0.4, 0.5) is 24.5 Å². The highest BCUT2D eigenvalue weighted by atomic mass is 32.2. The lowest BCUT2D eigenvalue weighted by molar-refractivity contribution is -0.274. The van der Waals surface area contributed by atoms with Gasteiger partial charge in [-0.05, 0) is 75.1 Å². The van der Waals surface area contributed by atoms with E-state index in [1.807, 2.05) is 4.72 Å². The van der Waals surface area contributed by atoms with Crippen LogP contribution < -0.4 is 29.1 Å². The molecule has 2 amide bonds. The molecule has 1 unspecified atom stereocenters. The minimum Gasteiger partial charge on any atom is -0.497 e. The van der Waals surface area contributed by atoms with Gasteiger partial charge < -0.3 is 29.3 Å². The molecule has 0 saturated heterocycles. The van der Waals surface area contributed by atoms with Crippen LogP contribution in [0.25, 0.3) is 0 Å². The topological polar surface area (TPSA) is 145 Å². The number of sulfonamides is 1. The molecule has 3 aromatic rings. The third-order valence-electron chi connectivity index (χ3n) is 8.45. The lowest BCUT2D eigenvalue weighted by atomic mass is 9.99. The van der Waals surface area contributed by atoms with E-state index in [1.165, 1.54) is 45.1 Å². The number of fused-ring (bicyclic) bond motifs is 2. The fourth-order valence-electron chi connectivity index (χ4n) is 5.61. The predicted octanol–water partition coefficient (Wildman–Crippen LogP) is 5.43. The maximum absolute atomic E-state index is 14.5. The van der Waals surface area contributed by atoms with Crippen molar-refractivity contribution in [3.63, 3.8) is 0 Å². The molecule has 0 aromatic heterocycles. The number of alkyl halides is 3. The van der Waals surface area contributed by atoms with Crippen molar-refractivity contribution in [2.24, 2.45) is 5.16 Å². The second kappa shape index (κ2) is 13.4. The Morgan fingerprint density at radius 2 is 1.58 bits per heavy atom. The van der Waals surface area contributed by atoms with E-state index in [0.717, 1.165) is 24.7 Å². The van der Waals surface area contributed by atoms with Gasteiger partial charge in [-0.15, -0.1) is 13.2 Å². The molecule has 0 radical (unpaired) electrons. The van der Waals surface area contributed by atoms with Gasteiger partial charge in [-0.2, -0.15) is 0 Å². The zero-order valence-electron chi connectivity index (χ0n) is 28.2. The van der Waals surface area contributed by atoms with Crippen LogP contribution in [0.1, 0.15) is 56.3 Å². The van der Waals surface area contributed by atoms with Crippen molar-refractivity contribution in [1.82, 2.24) is 4.72 Å².